The molecule has 0 radical (unpaired) electrons. The van der Waals surface area contributed by atoms with Crippen LogP contribution in [0.5, 0.6) is 0 Å². The number of furan rings is 1. The first kappa shape index (κ1) is 18.7. The summed E-state index contributed by atoms with van der Waals surface area (Å²) in [4.78, 5) is 25.0. The molecule has 0 bridgehead atoms. The number of alkyl halides is 3. The second-order valence-electron chi connectivity index (χ2n) is 5.84. The van der Waals surface area contributed by atoms with Gasteiger partial charge in [-0.1, -0.05) is 0 Å². The summed E-state index contributed by atoms with van der Waals surface area (Å²) in [7, 11) is 0. The number of rotatable bonds is 3. The number of carbonyl (C=O) groups excluding carboxylic acids is 1. The summed E-state index contributed by atoms with van der Waals surface area (Å²) in [6.07, 6.45) is -4.63. The van der Waals surface area contributed by atoms with E-state index in [-0.39, 0.29) is 37.6 Å². The molecular formula is C16H13F4N3O4. The molecule has 1 saturated heterocycles. The Kier molecular flexibility index (Phi) is 4.77. The molecule has 11 heteroatoms. The quantitative estimate of drug-likeness (QED) is 0.459. The number of nitrogens with zero attached hydrogens (tertiary/aromatic N) is 3. The monoisotopic (exact) mass is 387 g/mol. The van der Waals surface area contributed by atoms with Crippen LogP contribution in [-0.4, -0.2) is 41.9 Å². The predicted octanol–water partition coefficient (Wildman–Crippen LogP) is 3.31. The lowest BCUT2D eigenvalue weighted by molar-refractivity contribution is -0.402. The molecule has 0 unspecified atom stereocenters. The topological polar surface area (TPSA) is 79.8 Å². The summed E-state index contributed by atoms with van der Waals surface area (Å²) in [6.45, 7) is 0.704. The summed E-state index contributed by atoms with van der Waals surface area (Å²) in [5, 5.41) is 10.6. The zero-order chi connectivity index (χ0) is 19.8. The summed E-state index contributed by atoms with van der Waals surface area (Å²) in [5.41, 5.74) is -1.05. The van der Waals surface area contributed by atoms with Crippen molar-refractivity contribution in [3.8, 4) is 0 Å². The van der Waals surface area contributed by atoms with Gasteiger partial charge in [0.1, 0.15) is 10.7 Å². The third kappa shape index (κ3) is 3.86. The molecule has 0 atom stereocenters. The normalized spacial score (nSPS) is 15.1. The van der Waals surface area contributed by atoms with E-state index in [9.17, 15) is 32.5 Å². The van der Waals surface area contributed by atoms with Crippen LogP contribution in [0.4, 0.5) is 29.1 Å². The number of anilines is 1. The average molecular weight is 387 g/mol. The third-order valence-corrected chi connectivity index (χ3v) is 4.17. The zero-order valence-corrected chi connectivity index (χ0v) is 13.7. The highest BCUT2D eigenvalue weighted by molar-refractivity contribution is 5.92. The van der Waals surface area contributed by atoms with Crippen molar-refractivity contribution in [3.63, 3.8) is 0 Å². The van der Waals surface area contributed by atoms with Gasteiger partial charge in [0.15, 0.2) is 5.76 Å². The number of piperazine rings is 1. The SMILES string of the molecule is O=C(c1ccc([N+](=O)[O-])o1)N1CCN(c2ccc(C(F)(F)F)cc2F)CC1. The number of nitro groups is 1. The molecule has 1 aliphatic rings. The highest BCUT2D eigenvalue weighted by Crippen LogP contribution is 2.32. The molecule has 1 aromatic heterocycles. The lowest BCUT2D eigenvalue weighted by atomic mass is 10.1. The molecule has 3 rings (SSSR count). The van der Waals surface area contributed by atoms with E-state index in [1.54, 1.807) is 0 Å². The second kappa shape index (κ2) is 6.89. The maximum absolute atomic E-state index is 14.1. The van der Waals surface area contributed by atoms with Crippen molar-refractivity contribution < 1.29 is 31.7 Å². The Hall–Kier alpha value is -3.11. The van der Waals surface area contributed by atoms with E-state index in [1.807, 2.05) is 0 Å². The van der Waals surface area contributed by atoms with Crippen LogP contribution in [0.3, 0.4) is 0 Å². The second-order valence-corrected chi connectivity index (χ2v) is 5.84. The first-order valence-electron chi connectivity index (χ1n) is 7.82. The van der Waals surface area contributed by atoms with E-state index in [4.69, 9.17) is 4.42 Å². The van der Waals surface area contributed by atoms with Crippen LogP contribution in [0.1, 0.15) is 16.1 Å². The van der Waals surface area contributed by atoms with Gasteiger partial charge in [-0.3, -0.25) is 14.9 Å². The Balaban J connectivity index is 1.66. The fourth-order valence-electron chi connectivity index (χ4n) is 2.79. The summed E-state index contributed by atoms with van der Waals surface area (Å²) in [5.74, 6) is -2.28. The summed E-state index contributed by atoms with van der Waals surface area (Å²) < 4.78 is 56.8. The van der Waals surface area contributed by atoms with Gasteiger partial charge in [-0.25, -0.2) is 4.39 Å². The van der Waals surface area contributed by atoms with Crippen LogP contribution in [0.2, 0.25) is 0 Å². The van der Waals surface area contributed by atoms with Crippen molar-refractivity contribution >= 4 is 17.5 Å². The Labute approximate surface area is 149 Å². The molecule has 0 spiro atoms. The van der Waals surface area contributed by atoms with Crippen molar-refractivity contribution in [2.45, 2.75) is 6.18 Å². The molecule has 1 aliphatic heterocycles. The van der Waals surface area contributed by atoms with Crippen LogP contribution in [0, 0.1) is 15.9 Å². The number of halogens is 4. The van der Waals surface area contributed by atoms with Gasteiger partial charge in [-0.15, -0.1) is 0 Å². The van der Waals surface area contributed by atoms with Crippen molar-refractivity contribution in [2.75, 3.05) is 31.1 Å². The molecule has 2 heterocycles. The maximum Gasteiger partial charge on any atom is 0.433 e. The Bertz CT molecular complexity index is 873. The molecule has 0 saturated carbocycles. The van der Waals surface area contributed by atoms with Crippen LogP contribution in [-0.2, 0) is 6.18 Å². The van der Waals surface area contributed by atoms with Crippen molar-refractivity contribution in [3.05, 3.63) is 57.6 Å². The van der Waals surface area contributed by atoms with Crippen molar-refractivity contribution in [1.82, 2.24) is 4.90 Å². The Morgan fingerprint density at radius 1 is 1.11 bits per heavy atom. The summed E-state index contributed by atoms with van der Waals surface area (Å²) >= 11 is 0. The minimum absolute atomic E-state index is 0.0173. The first-order valence-corrected chi connectivity index (χ1v) is 7.82. The smallest absolute Gasteiger partial charge is 0.395 e. The number of hydrogen-bond donors (Lipinski definition) is 0. The minimum Gasteiger partial charge on any atom is -0.395 e. The van der Waals surface area contributed by atoms with E-state index >= 15 is 0 Å². The van der Waals surface area contributed by atoms with Crippen molar-refractivity contribution in [2.24, 2.45) is 0 Å². The van der Waals surface area contributed by atoms with Crippen LogP contribution in [0.15, 0.2) is 34.7 Å². The molecule has 2 aromatic rings. The number of amides is 1. The van der Waals surface area contributed by atoms with E-state index in [0.29, 0.717) is 6.07 Å². The largest absolute Gasteiger partial charge is 0.433 e. The van der Waals surface area contributed by atoms with Gasteiger partial charge in [-0.05, 0) is 24.3 Å². The van der Waals surface area contributed by atoms with Gasteiger partial charge in [-0.2, -0.15) is 13.2 Å². The number of carbonyl (C=O) groups is 1. The summed E-state index contributed by atoms with van der Waals surface area (Å²) in [6, 6.07) is 4.57. The molecule has 1 fully saturated rings. The molecule has 27 heavy (non-hydrogen) atoms. The molecule has 0 N–H and O–H groups in total. The highest BCUT2D eigenvalue weighted by Gasteiger charge is 2.32. The van der Waals surface area contributed by atoms with Gasteiger partial charge >= 0.3 is 12.1 Å². The lowest BCUT2D eigenvalue weighted by Crippen LogP contribution is -2.49. The zero-order valence-electron chi connectivity index (χ0n) is 13.7. The van der Waals surface area contributed by atoms with Gasteiger partial charge in [0.2, 0.25) is 0 Å². The van der Waals surface area contributed by atoms with Crippen LogP contribution < -0.4 is 4.90 Å². The standard InChI is InChI=1S/C16H13F4N3O4/c17-11-9-10(16(18,19)20)1-2-12(11)21-5-7-22(8-6-21)15(24)13-3-4-14(27-13)23(25)26/h1-4,9H,5-8H2. The van der Waals surface area contributed by atoms with E-state index in [2.05, 4.69) is 0 Å². The van der Waals surface area contributed by atoms with Gasteiger partial charge in [0.25, 0.3) is 5.91 Å². The maximum atomic E-state index is 14.1. The molecule has 7 nitrogen and oxygen atoms in total. The van der Waals surface area contributed by atoms with Gasteiger partial charge < -0.3 is 14.2 Å². The van der Waals surface area contributed by atoms with Crippen LogP contribution in [0.25, 0.3) is 0 Å². The lowest BCUT2D eigenvalue weighted by Gasteiger charge is -2.35. The Morgan fingerprint density at radius 3 is 2.30 bits per heavy atom. The molecule has 1 amide bonds. The Morgan fingerprint density at radius 2 is 1.78 bits per heavy atom. The molecule has 1 aromatic carbocycles. The average Bonchev–Trinajstić information content (AvgIpc) is 3.11. The minimum atomic E-state index is -4.63. The fourth-order valence-corrected chi connectivity index (χ4v) is 2.79. The molecule has 144 valence electrons. The van der Waals surface area contributed by atoms with Crippen LogP contribution >= 0.6 is 0 Å². The fraction of sp³-hybridized carbons (Fsp3) is 0.312. The first-order chi connectivity index (χ1) is 12.7. The number of hydrogen-bond acceptors (Lipinski definition) is 5. The van der Waals surface area contributed by atoms with Gasteiger partial charge in [0, 0.05) is 26.2 Å². The predicted molar refractivity (Wildman–Crippen MR) is 84.9 cm³/mol. The molecular weight excluding hydrogens is 374 g/mol. The number of benzene rings is 1. The van der Waals surface area contributed by atoms with E-state index in [1.165, 1.54) is 15.9 Å². The highest BCUT2D eigenvalue weighted by atomic mass is 19.4. The molecule has 0 aliphatic carbocycles. The van der Waals surface area contributed by atoms with E-state index < -0.39 is 34.3 Å². The van der Waals surface area contributed by atoms with Crippen molar-refractivity contribution in [1.29, 1.82) is 0 Å². The van der Waals surface area contributed by atoms with E-state index in [0.717, 1.165) is 18.2 Å². The third-order valence-electron chi connectivity index (χ3n) is 4.17. The van der Waals surface area contributed by atoms with Gasteiger partial charge in [0.05, 0.1) is 17.3 Å².